The van der Waals surface area contributed by atoms with Gasteiger partial charge in [-0.2, -0.15) is 0 Å². The minimum Gasteiger partial charge on any atom is -0.492 e. The monoisotopic (exact) mass is 364 g/mol. The van der Waals surface area contributed by atoms with E-state index in [1.165, 1.54) is 19.2 Å². The summed E-state index contributed by atoms with van der Waals surface area (Å²) < 4.78 is 33.3. The zero-order chi connectivity index (χ0) is 17.7. The number of aryl methyl sites for hydroxylation is 1. The molecule has 0 spiro atoms. The smallest absolute Gasteiger partial charge is 0.290 e. The molecule has 0 aliphatic rings. The number of anilines is 1. The molecule has 0 radical (unpaired) electrons. The highest BCUT2D eigenvalue weighted by atomic mass is 35.5. The number of hydrogen-bond donors (Lipinski definition) is 2. The molecule has 1 heterocycles. The van der Waals surface area contributed by atoms with E-state index in [4.69, 9.17) is 43.6 Å². The topological polar surface area (TPSA) is 85.4 Å². The van der Waals surface area contributed by atoms with E-state index in [1.54, 1.807) is 6.92 Å². The Morgan fingerprint density at radius 2 is 1.87 bits per heavy atom. The van der Waals surface area contributed by atoms with E-state index in [2.05, 4.69) is 4.98 Å². The van der Waals surface area contributed by atoms with Gasteiger partial charge in [-0.1, -0.05) is 23.2 Å². The Hall–Kier alpha value is -2.12. The highest BCUT2D eigenvalue weighted by molar-refractivity contribution is 6.33. The first-order chi connectivity index (χ1) is 10.8. The second-order valence-electron chi connectivity index (χ2n) is 4.14. The number of hydrogen-bond acceptors (Lipinski definition) is 4. The Morgan fingerprint density at radius 1 is 1.30 bits per heavy atom. The van der Waals surface area contributed by atoms with Gasteiger partial charge < -0.3 is 15.6 Å². The van der Waals surface area contributed by atoms with Crippen LogP contribution in [0.5, 0.6) is 5.75 Å². The van der Waals surface area contributed by atoms with E-state index in [0.717, 1.165) is 0 Å². The van der Waals surface area contributed by atoms with E-state index in [9.17, 15) is 8.78 Å². The van der Waals surface area contributed by atoms with Gasteiger partial charge in [0.05, 0.1) is 28.5 Å². The van der Waals surface area contributed by atoms with E-state index >= 15 is 0 Å². The number of nitrogen functional groups attached to an aromatic ring is 1. The van der Waals surface area contributed by atoms with Crippen LogP contribution in [0.15, 0.2) is 12.1 Å². The van der Waals surface area contributed by atoms with Crippen molar-refractivity contribution in [2.45, 2.75) is 6.92 Å². The zero-order valence-electron chi connectivity index (χ0n) is 12.0. The van der Waals surface area contributed by atoms with Gasteiger partial charge in [0, 0.05) is 5.56 Å². The summed E-state index contributed by atoms with van der Waals surface area (Å²) in [5.41, 5.74) is 5.23. The lowest BCUT2D eigenvalue weighted by atomic mass is 10.1. The molecule has 124 valence electrons. The molecule has 9 heteroatoms. The van der Waals surface area contributed by atoms with E-state index in [-0.39, 0.29) is 39.2 Å². The summed E-state index contributed by atoms with van der Waals surface area (Å²) in [7, 11) is 1.26. The molecule has 0 aliphatic heterocycles. The highest BCUT2D eigenvalue weighted by Gasteiger charge is 2.21. The standard InChI is InChI=1S/C13H10Cl2F2N2O.CH2O2/c1-5-8(15)11(18)10(17)12(19-5)6-3-4-7(14)13(20-2)9(6)16;2-1-3/h3-4H,1-2H3,(H2,18,19);1H,(H,2,3). The molecule has 0 amide bonds. The maximum atomic E-state index is 14.3. The average molecular weight is 365 g/mol. The number of carbonyl (C=O) groups is 1. The number of ether oxygens (including phenoxy) is 1. The Morgan fingerprint density at radius 3 is 2.39 bits per heavy atom. The number of rotatable bonds is 2. The van der Waals surface area contributed by atoms with Gasteiger partial charge in [-0.15, -0.1) is 0 Å². The van der Waals surface area contributed by atoms with Gasteiger partial charge >= 0.3 is 0 Å². The third-order valence-corrected chi connectivity index (χ3v) is 3.56. The first kappa shape index (κ1) is 18.9. The first-order valence-electron chi connectivity index (χ1n) is 6.01. The number of methoxy groups -OCH3 is 1. The third kappa shape index (κ3) is 3.80. The molecule has 0 saturated heterocycles. The fourth-order valence-corrected chi connectivity index (χ4v) is 2.11. The maximum absolute atomic E-state index is 14.3. The van der Waals surface area contributed by atoms with Crippen molar-refractivity contribution in [3.63, 3.8) is 0 Å². The molecular formula is C14H12Cl2F2N2O3. The number of nitrogens with zero attached hydrogens (tertiary/aromatic N) is 1. The molecular weight excluding hydrogens is 353 g/mol. The predicted octanol–water partition coefficient (Wildman–Crippen LogP) is 3.93. The Balaban J connectivity index is 0.000000816. The van der Waals surface area contributed by atoms with Crippen molar-refractivity contribution in [1.29, 1.82) is 0 Å². The largest absolute Gasteiger partial charge is 0.492 e. The predicted molar refractivity (Wildman–Crippen MR) is 84.0 cm³/mol. The Labute approximate surface area is 140 Å². The number of carboxylic acid groups (broad SMARTS) is 1. The summed E-state index contributed by atoms with van der Waals surface area (Å²) in [5, 5.41) is 6.97. The normalized spacial score (nSPS) is 9.83. The van der Waals surface area contributed by atoms with Crippen molar-refractivity contribution in [3.8, 4) is 17.0 Å². The highest BCUT2D eigenvalue weighted by Crippen LogP contribution is 2.37. The van der Waals surface area contributed by atoms with Crippen LogP contribution in [0.1, 0.15) is 5.69 Å². The lowest BCUT2D eigenvalue weighted by molar-refractivity contribution is -0.122. The van der Waals surface area contributed by atoms with Crippen molar-refractivity contribution in [2.75, 3.05) is 12.8 Å². The van der Waals surface area contributed by atoms with Crippen LogP contribution in [0.4, 0.5) is 14.5 Å². The average Bonchev–Trinajstić information content (AvgIpc) is 2.51. The number of pyridine rings is 1. The minimum absolute atomic E-state index is 0.00702. The van der Waals surface area contributed by atoms with Gasteiger partial charge in [-0.3, -0.25) is 4.79 Å². The molecule has 0 atom stereocenters. The summed E-state index contributed by atoms with van der Waals surface area (Å²) in [6.07, 6.45) is 0. The second-order valence-corrected chi connectivity index (χ2v) is 4.92. The van der Waals surface area contributed by atoms with Crippen LogP contribution in [0.2, 0.25) is 10.0 Å². The molecule has 2 rings (SSSR count). The third-order valence-electron chi connectivity index (χ3n) is 2.79. The Bertz CT molecular complexity index is 743. The molecule has 3 N–H and O–H groups in total. The van der Waals surface area contributed by atoms with E-state index in [0.29, 0.717) is 5.69 Å². The molecule has 23 heavy (non-hydrogen) atoms. The van der Waals surface area contributed by atoms with Crippen LogP contribution in [0.25, 0.3) is 11.3 Å². The molecule has 0 aliphatic carbocycles. The van der Waals surface area contributed by atoms with Gasteiger partial charge in [-0.05, 0) is 19.1 Å². The van der Waals surface area contributed by atoms with Crippen LogP contribution in [-0.4, -0.2) is 23.7 Å². The van der Waals surface area contributed by atoms with Gasteiger partial charge in [0.25, 0.3) is 6.47 Å². The van der Waals surface area contributed by atoms with E-state index < -0.39 is 11.6 Å². The van der Waals surface area contributed by atoms with Crippen molar-refractivity contribution in [2.24, 2.45) is 0 Å². The van der Waals surface area contributed by atoms with Crippen LogP contribution in [0.3, 0.4) is 0 Å². The van der Waals surface area contributed by atoms with Crippen molar-refractivity contribution in [1.82, 2.24) is 4.98 Å². The van der Waals surface area contributed by atoms with E-state index in [1.807, 2.05) is 0 Å². The summed E-state index contributed by atoms with van der Waals surface area (Å²) >= 11 is 11.6. The Kier molecular flexibility index (Phi) is 6.53. The van der Waals surface area contributed by atoms with Crippen LogP contribution in [-0.2, 0) is 4.79 Å². The first-order valence-corrected chi connectivity index (χ1v) is 6.76. The van der Waals surface area contributed by atoms with Crippen LogP contribution in [0, 0.1) is 18.6 Å². The molecule has 0 fully saturated rings. The molecule has 2 aromatic rings. The summed E-state index contributed by atoms with van der Waals surface area (Å²) in [5.74, 6) is -1.88. The van der Waals surface area contributed by atoms with Crippen molar-refractivity contribution < 1.29 is 23.4 Å². The lowest BCUT2D eigenvalue weighted by Gasteiger charge is -2.12. The lowest BCUT2D eigenvalue weighted by Crippen LogP contribution is -2.03. The molecule has 1 aromatic carbocycles. The quantitative estimate of drug-likeness (QED) is 0.788. The van der Waals surface area contributed by atoms with Crippen LogP contribution >= 0.6 is 23.2 Å². The number of aromatic nitrogens is 1. The second kappa shape index (κ2) is 7.94. The number of benzene rings is 1. The molecule has 0 saturated carbocycles. The number of nitrogens with two attached hydrogens (primary N) is 1. The fourth-order valence-electron chi connectivity index (χ4n) is 1.77. The molecule has 0 unspecified atom stereocenters. The molecule has 1 aromatic heterocycles. The van der Waals surface area contributed by atoms with Crippen molar-refractivity contribution >= 4 is 35.4 Å². The minimum atomic E-state index is -0.885. The summed E-state index contributed by atoms with van der Waals surface area (Å²) in [4.78, 5) is 12.3. The van der Waals surface area contributed by atoms with Crippen LogP contribution < -0.4 is 10.5 Å². The van der Waals surface area contributed by atoms with Crippen molar-refractivity contribution in [3.05, 3.63) is 39.5 Å². The molecule has 5 nitrogen and oxygen atoms in total. The maximum Gasteiger partial charge on any atom is 0.290 e. The summed E-state index contributed by atoms with van der Waals surface area (Å²) in [6, 6.07) is 2.69. The fraction of sp³-hybridized carbons (Fsp3) is 0.143. The number of halogens is 4. The SMILES string of the molecule is COc1c(Cl)ccc(-c2nc(C)c(Cl)c(N)c2F)c1F.O=CO. The zero-order valence-corrected chi connectivity index (χ0v) is 13.5. The van der Waals surface area contributed by atoms with Gasteiger partial charge in [0.1, 0.15) is 5.69 Å². The molecule has 0 bridgehead atoms. The summed E-state index contributed by atoms with van der Waals surface area (Å²) in [6.45, 7) is 1.30. The van der Waals surface area contributed by atoms with Gasteiger partial charge in [0.15, 0.2) is 17.4 Å². The van der Waals surface area contributed by atoms with Gasteiger partial charge in [0.2, 0.25) is 0 Å². The van der Waals surface area contributed by atoms with Gasteiger partial charge in [-0.25, -0.2) is 13.8 Å².